The first-order chi connectivity index (χ1) is 6.07. The minimum absolute atomic E-state index is 0.358. The summed E-state index contributed by atoms with van der Waals surface area (Å²) in [6, 6.07) is 3.56. The van der Waals surface area contributed by atoms with E-state index in [9.17, 15) is 9.59 Å². The van der Waals surface area contributed by atoms with Gasteiger partial charge < -0.3 is 0 Å². The topological polar surface area (TPSA) is 34.1 Å². The van der Waals surface area contributed by atoms with E-state index in [1.54, 1.807) is 6.07 Å². The van der Waals surface area contributed by atoms with Crippen LogP contribution in [0.15, 0.2) is 12.1 Å². The Morgan fingerprint density at radius 2 is 1.77 bits per heavy atom. The molecule has 0 spiro atoms. The lowest BCUT2D eigenvalue weighted by Gasteiger charge is -2.07. The Kier molecular flexibility index (Phi) is 2.61. The average molecular weight is 176 g/mol. The lowest BCUT2D eigenvalue weighted by Crippen LogP contribution is -2.04. The van der Waals surface area contributed by atoms with Crippen LogP contribution in [0.4, 0.5) is 0 Å². The quantitative estimate of drug-likeness (QED) is 0.392. The van der Waals surface area contributed by atoms with E-state index in [4.69, 9.17) is 0 Å². The summed E-state index contributed by atoms with van der Waals surface area (Å²) in [5, 5.41) is 0. The first-order valence-corrected chi connectivity index (χ1v) is 4.14. The monoisotopic (exact) mass is 176 g/mol. The number of hydrogen-bond donors (Lipinski definition) is 0. The third-order valence-electron chi connectivity index (χ3n) is 2.43. The zero-order valence-corrected chi connectivity index (χ0v) is 8.05. The minimum Gasteiger partial charge on any atom is -0.294 e. The first kappa shape index (κ1) is 9.65. The van der Waals surface area contributed by atoms with Gasteiger partial charge in [0.2, 0.25) is 5.78 Å². The van der Waals surface area contributed by atoms with Crippen molar-refractivity contribution in [3.05, 3.63) is 34.4 Å². The highest BCUT2D eigenvalue weighted by Gasteiger charge is 2.09. The molecule has 0 bridgehead atoms. The van der Waals surface area contributed by atoms with Crippen LogP contribution in [0.5, 0.6) is 0 Å². The van der Waals surface area contributed by atoms with Gasteiger partial charge >= 0.3 is 0 Å². The second kappa shape index (κ2) is 3.52. The van der Waals surface area contributed by atoms with E-state index in [0.29, 0.717) is 11.8 Å². The fraction of sp³-hybridized carbons (Fsp3) is 0.273. The van der Waals surface area contributed by atoms with Crippen molar-refractivity contribution in [1.29, 1.82) is 0 Å². The molecule has 13 heavy (non-hydrogen) atoms. The SMILES string of the molecule is Cc1ccc(C(=O)C=O)c(C)c1C. The summed E-state index contributed by atoms with van der Waals surface area (Å²) in [5.74, 6) is -0.444. The van der Waals surface area contributed by atoms with Gasteiger partial charge in [-0.2, -0.15) is 0 Å². The van der Waals surface area contributed by atoms with Crippen LogP contribution in [0.2, 0.25) is 0 Å². The highest BCUT2D eigenvalue weighted by atomic mass is 16.2. The van der Waals surface area contributed by atoms with Gasteiger partial charge in [0.1, 0.15) is 0 Å². The molecule has 1 aromatic carbocycles. The Morgan fingerprint density at radius 3 is 2.31 bits per heavy atom. The third-order valence-corrected chi connectivity index (χ3v) is 2.43. The molecular weight excluding hydrogens is 164 g/mol. The Hall–Kier alpha value is -1.44. The second-order valence-electron chi connectivity index (χ2n) is 3.16. The summed E-state index contributed by atoms with van der Waals surface area (Å²) in [6.07, 6.45) is 0.358. The summed E-state index contributed by atoms with van der Waals surface area (Å²) < 4.78 is 0. The molecule has 0 aliphatic rings. The third kappa shape index (κ3) is 1.66. The molecule has 68 valence electrons. The van der Waals surface area contributed by atoms with Crippen molar-refractivity contribution in [2.75, 3.05) is 0 Å². The molecule has 0 unspecified atom stereocenters. The van der Waals surface area contributed by atoms with Crippen LogP contribution in [0, 0.1) is 20.8 Å². The van der Waals surface area contributed by atoms with Crippen LogP contribution in [-0.2, 0) is 4.79 Å². The van der Waals surface area contributed by atoms with Gasteiger partial charge in [0.25, 0.3) is 0 Å². The number of aryl methyl sites for hydroxylation is 1. The van der Waals surface area contributed by atoms with Crippen LogP contribution in [0.3, 0.4) is 0 Å². The van der Waals surface area contributed by atoms with E-state index in [2.05, 4.69) is 0 Å². The molecule has 0 aliphatic heterocycles. The molecule has 0 atom stereocenters. The largest absolute Gasteiger partial charge is 0.294 e. The fourth-order valence-corrected chi connectivity index (χ4v) is 1.29. The van der Waals surface area contributed by atoms with Gasteiger partial charge in [0, 0.05) is 5.56 Å². The summed E-state index contributed by atoms with van der Waals surface area (Å²) in [5.41, 5.74) is 3.63. The molecule has 0 saturated heterocycles. The number of ketones is 1. The molecule has 0 heterocycles. The van der Waals surface area contributed by atoms with Gasteiger partial charge in [-0.15, -0.1) is 0 Å². The van der Waals surface area contributed by atoms with Crippen molar-refractivity contribution in [3.63, 3.8) is 0 Å². The van der Waals surface area contributed by atoms with Gasteiger partial charge in [0.15, 0.2) is 6.29 Å². The van der Waals surface area contributed by atoms with Crippen molar-refractivity contribution >= 4 is 12.1 Å². The highest BCUT2D eigenvalue weighted by Crippen LogP contribution is 2.16. The summed E-state index contributed by atoms with van der Waals surface area (Å²) in [7, 11) is 0. The standard InChI is InChI=1S/C11H12O2/c1-7-4-5-10(11(13)6-12)9(3)8(7)2/h4-6H,1-3H3. The maximum atomic E-state index is 11.1. The predicted molar refractivity (Wildman–Crippen MR) is 51.0 cm³/mol. The Balaban J connectivity index is 3.33. The normalized spacial score (nSPS) is 9.77. The van der Waals surface area contributed by atoms with E-state index < -0.39 is 5.78 Å². The lowest BCUT2D eigenvalue weighted by molar-refractivity contribution is -0.104. The van der Waals surface area contributed by atoms with E-state index >= 15 is 0 Å². The first-order valence-electron chi connectivity index (χ1n) is 4.14. The molecule has 2 heteroatoms. The summed E-state index contributed by atoms with van der Waals surface area (Å²) in [6.45, 7) is 5.79. The number of aldehydes is 1. The van der Waals surface area contributed by atoms with E-state index in [0.717, 1.165) is 16.7 Å². The van der Waals surface area contributed by atoms with Crippen LogP contribution in [0.25, 0.3) is 0 Å². The molecule has 1 aromatic rings. The minimum atomic E-state index is -0.444. The van der Waals surface area contributed by atoms with Crippen LogP contribution in [0.1, 0.15) is 27.0 Å². The molecule has 0 aromatic heterocycles. The zero-order chi connectivity index (χ0) is 10.0. The number of benzene rings is 1. The van der Waals surface area contributed by atoms with Crippen LogP contribution >= 0.6 is 0 Å². The number of carbonyl (C=O) groups excluding carboxylic acids is 2. The number of Topliss-reactive ketones (excluding diaryl/α,β-unsaturated/α-hetero) is 1. The Morgan fingerprint density at radius 1 is 1.15 bits per heavy atom. The maximum absolute atomic E-state index is 11.1. The van der Waals surface area contributed by atoms with Crippen LogP contribution < -0.4 is 0 Å². The number of carbonyl (C=O) groups is 2. The average Bonchev–Trinajstić information content (AvgIpc) is 2.13. The zero-order valence-electron chi connectivity index (χ0n) is 8.05. The van der Waals surface area contributed by atoms with E-state index in [1.165, 1.54) is 0 Å². The molecule has 0 N–H and O–H groups in total. The molecule has 1 rings (SSSR count). The molecule has 0 amide bonds. The second-order valence-corrected chi connectivity index (χ2v) is 3.16. The van der Waals surface area contributed by atoms with Gasteiger partial charge in [-0.05, 0) is 37.5 Å². The van der Waals surface area contributed by atoms with Crippen LogP contribution in [-0.4, -0.2) is 12.1 Å². The Bertz CT molecular complexity index is 365. The number of rotatable bonds is 2. The van der Waals surface area contributed by atoms with E-state index in [1.807, 2.05) is 26.8 Å². The molecular formula is C11H12O2. The molecule has 0 saturated carbocycles. The summed E-state index contributed by atoms with van der Waals surface area (Å²) in [4.78, 5) is 21.4. The molecule has 0 fully saturated rings. The predicted octanol–water partition coefficient (Wildman–Crippen LogP) is 1.99. The molecule has 0 radical (unpaired) electrons. The Labute approximate surface area is 77.6 Å². The highest BCUT2D eigenvalue weighted by molar-refractivity contribution is 6.33. The van der Waals surface area contributed by atoms with Crippen molar-refractivity contribution in [2.24, 2.45) is 0 Å². The van der Waals surface area contributed by atoms with Gasteiger partial charge in [0.05, 0.1) is 0 Å². The maximum Gasteiger partial charge on any atom is 0.225 e. The number of hydrogen-bond acceptors (Lipinski definition) is 2. The fourth-order valence-electron chi connectivity index (χ4n) is 1.29. The van der Waals surface area contributed by atoms with Gasteiger partial charge in [-0.25, -0.2) is 0 Å². The smallest absolute Gasteiger partial charge is 0.225 e. The summed E-state index contributed by atoms with van der Waals surface area (Å²) >= 11 is 0. The van der Waals surface area contributed by atoms with E-state index in [-0.39, 0.29) is 0 Å². The van der Waals surface area contributed by atoms with Crippen molar-refractivity contribution < 1.29 is 9.59 Å². The lowest BCUT2D eigenvalue weighted by atomic mass is 9.97. The van der Waals surface area contributed by atoms with Crippen molar-refractivity contribution in [1.82, 2.24) is 0 Å². The van der Waals surface area contributed by atoms with Gasteiger partial charge in [-0.3, -0.25) is 9.59 Å². The van der Waals surface area contributed by atoms with Gasteiger partial charge in [-0.1, -0.05) is 12.1 Å². The molecule has 2 nitrogen and oxygen atoms in total. The van der Waals surface area contributed by atoms with Crippen molar-refractivity contribution in [3.8, 4) is 0 Å². The van der Waals surface area contributed by atoms with Crippen molar-refractivity contribution in [2.45, 2.75) is 20.8 Å². The molecule has 0 aliphatic carbocycles.